The van der Waals surface area contributed by atoms with E-state index < -0.39 is 0 Å². The van der Waals surface area contributed by atoms with Gasteiger partial charge in [-0.05, 0) is 24.4 Å². The third kappa shape index (κ3) is 3.36. The zero-order chi connectivity index (χ0) is 14.7. The molecule has 1 N–H and O–H groups in total. The average Bonchev–Trinajstić information content (AvgIpc) is 3.17. The minimum absolute atomic E-state index is 0.0219. The van der Waals surface area contributed by atoms with Crippen LogP contribution in [0.2, 0.25) is 0 Å². The molecule has 112 valence electrons. The van der Waals surface area contributed by atoms with E-state index in [-0.39, 0.29) is 6.03 Å². The molecule has 0 aliphatic carbocycles. The second kappa shape index (κ2) is 6.44. The van der Waals surface area contributed by atoms with Crippen LogP contribution in [0.1, 0.15) is 10.6 Å². The molecule has 1 aliphatic rings. The molecule has 1 saturated heterocycles. The maximum absolute atomic E-state index is 12.2. The van der Waals surface area contributed by atoms with Crippen LogP contribution in [0.4, 0.5) is 9.80 Å². The Morgan fingerprint density at radius 3 is 2.76 bits per heavy atom. The van der Waals surface area contributed by atoms with Gasteiger partial charge in [0.1, 0.15) is 0 Å². The molecule has 7 heteroatoms. The summed E-state index contributed by atoms with van der Waals surface area (Å²) in [5, 5.41) is 6.36. The fourth-order valence-corrected chi connectivity index (χ4v) is 3.85. The van der Waals surface area contributed by atoms with Gasteiger partial charge < -0.3 is 15.1 Å². The molecule has 0 unspecified atom stereocenters. The monoisotopic (exact) mass is 322 g/mol. The van der Waals surface area contributed by atoms with Crippen molar-refractivity contribution in [2.75, 3.05) is 31.1 Å². The molecule has 3 heterocycles. The first-order chi connectivity index (χ1) is 10.2. The lowest BCUT2D eigenvalue weighted by Gasteiger charge is -2.35. The maximum Gasteiger partial charge on any atom is 0.317 e. The minimum atomic E-state index is 0.0219. The van der Waals surface area contributed by atoms with Crippen LogP contribution in [0.5, 0.6) is 0 Å². The Balaban J connectivity index is 1.48. The van der Waals surface area contributed by atoms with Crippen LogP contribution >= 0.6 is 22.7 Å². The molecule has 0 spiro atoms. The molecule has 2 aromatic heterocycles. The van der Waals surface area contributed by atoms with Crippen molar-refractivity contribution in [1.29, 1.82) is 0 Å². The highest BCUT2D eigenvalue weighted by atomic mass is 32.1. The zero-order valence-corrected chi connectivity index (χ0v) is 13.5. The van der Waals surface area contributed by atoms with E-state index in [1.54, 1.807) is 22.7 Å². The van der Waals surface area contributed by atoms with E-state index in [0.29, 0.717) is 6.54 Å². The summed E-state index contributed by atoms with van der Waals surface area (Å²) in [6, 6.07) is 4.22. The number of nitrogens with zero attached hydrogens (tertiary/aromatic N) is 3. The molecule has 1 aliphatic heterocycles. The molecule has 0 radical (unpaired) electrons. The van der Waals surface area contributed by atoms with Gasteiger partial charge in [-0.1, -0.05) is 0 Å². The molecular formula is C14H18N4OS2. The molecule has 2 amide bonds. The summed E-state index contributed by atoms with van der Waals surface area (Å²) in [6.07, 6.45) is 0. The normalized spacial score (nSPS) is 15.3. The number of urea groups is 1. The van der Waals surface area contributed by atoms with Gasteiger partial charge in [-0.2, -0.15) is 0 Å². The molecule has 1 fully saturated rings. The highest BCUT2D eigenvalue weighted by Gasteiger charge is 2.21. The highest BCUT2D eigenvalue weighted by molar-refractivity contribution is 7.14. The van der Waals surface area contributed by atoms with Gasteiger partial charge in [0.2, 0.25) is 0 Å². The van der Waals surface area contributed by atoms with Crippen molar-refractivity contribution in [2.24, 2.45) is 0 Å². The maximum atomic E-state index is 12.2. The molecule has 0 aromatic carbocycles. The summed E-state index contributed by atoms with van der Waals surface area (Å²) >= 11 is 3.34. The summed E-state index contributed by atoms with van der Waals surface area (Å²) in [5.41, 5.74) is 2.82. The third-order valence-electron chi connectivity index (χ3n) is 3.63. The second-order valence-corrected chi connectivity index (χ2v) is 6.81. The summed E-state index contributed by atoms with van der Waals surface area (Å²) in [5.74, 6) is 0. The summed E-state index contributed by atoms with van der Waals surface area (Å²) in [6.45, 7) is 5.87. The van der Waals surface area contributed by atoms with Crippen LogP contribution in [-0.4, -0.2) is 42.1 Å². The largest absolute Gasteiger partial charge is 0.360 e. The number of hydrogen-bond donors (Lipinski definition) is 1. The number of carbonyl (C=O) groups is 1. The highest BCUT2D eigenvalue weighted by Crippen LogP contribution is 2.22. The number of hydrogen-bond acceptors (Lipinski definition) is 5. The molecule has 0 bridgehead atoms. The summed E-state index contributed by atoms with van der Waals surface area (Å²) < 4.78 is 0. The van der Waals surface area contributed by atoms with E-state index in [4.69, 9.17) is 0 Å². The predicted molar refractivity (Wildman–Crippen MR) is 87.2 cm³/mol. The standard InChI is InChI=1S/C14H18N4OS2/c1-11-12(21-10-16-11)9-15-14(19)18-6-4-17(5-7-18)13-3-2-8-20-13/h2-3,8,10H,4-7,9H2,1H3,(H,15,19). The van der Waals surface area contributed by atoms with Gasteiger partial charge in [-0.3, -0.25) is 0 Å². The van der Waals surface area contributed by atoms with Gasteiger partial charge >= 0.3 is 6.03 Å². The smallest absolute Gasteiger partial charge is 0.317 e. The van der Waals surface area contributed by atoms with Crippen LogP contribution in [0.3, 0.4) is 0 Å². The Bertz CT molecular complexity index is 588. The van der Waals surface area contributed by atoms with Crippen LogP contribution in [0.15, 0.2) is 23.0 Å². The van der Waals surface area contributed by atoms with Crippen LogP contribution in [-0.2, 0) is 6.54 Å². The molecule has 0 atom stereocenters. The molecule has 0 saturated carbocycles. The van der Waals surface area contributed by atoms with Crippen molar-refractivity contribution < 1.29 is 4.79 Å². The SMILES string of the molecule is Cc1ncsc1CNC(=O)N1CCN(c2cccs2)CC1. The van der Waals surface area contributed by atoms with Gasteiger partial charge in [-0.15, -0.1) is 22.7 Å². The number of aryl methyl sites for hydroxylation is 1. The number of carbonyl (C=O) groups excluding carboxylic acids is 1. The second-order valence-electron chi connectivity index (χ2n) is 4.95. The van der Waals surface area contributed by atoms with E-state index in [1.807, 2.05) is 17.3 Å². The lowest BCUT2D eigenvalue weighted by Crippen LogP contribution is -2.51. The lowest BCUT2D eigenvalue weighted by molar-refractivity contribution is 0.194. The number of aromatic nitrogens is 1. The number of thiophene rings is 1. The molecule has 5 nitrogen and oxygen atoms in total. The van der Waals surface area contributed by atoms with E-state index >= 15 is 0 Å². The van der Waals surface area contributed by atoms with Gasteiger partial charge in [0, 0.05) is 31.1 Å². The number of rotatable bonds is 3. The minimum Gasteiger partial charge on any atom is -0.360 e. The fraction of sp³-hybridized carbons (Fsp3) is 0.429. The third-order valence-corrected chi connectivity index (χ3v) is 5.49. The number of amides is 2. The zero-order valence-electron chi connectivity index (χ0n) is 11.9. The topological polar surface area (TPSA) is 48.5 Å². The summed E-state index contributed by atoms with van der Waals surface area (Å²) in [7, 11) is 0. The van der Waals surface area contributed by atoms with E-state index in [2.05, 4.69) is 32.7 Å². The Kier molecular flexibility index (Phi) is 4.40. The quantitative estimate of drug-likeness (QED) is 0.945. The summed E-state index contributed by atoms with van der Waals surface area (Å²) in [4.78, 5) is 21.7. The van der Waals surface area contributed by atoms with Crippen molar-refractivity contribution >= 4 is 33.7 Å². The fourth-order valence-electron chi connectivity index (χ4n) is 2.34. The number of thiazole rings is 1. The van der Waals surface area contributed by atoms with Crippen LogP contribution in [0.25, 0.3) is 0 Å². The molecular weight excluding hydrogens is 304 g/mol. The molecule has 3 rings (SSSR count). The first-order valence-corrected chi connectivity index (χ1v) is 8.70. The first-order valence-electron chi connectivity index (χ1n) is 6.94. The Morgan fingerprint density at radius 1 is 1.33 bits per heavy atom. The van der Waals surface area contributed by atoms with Crippen molar-refractivity contribution in [3.8, 4) is 0 Å². The average molecular weight is 322 g/mol. The Hall–Kier alpha value is -1.60. The van der Waals surface area contributed by atoms with Gasteiger partial charge in [-0.25, -0.2) is 9.78 Å². The van der Waals surface area contributed by atoms with Crippen molar-refractivity contribution in [2.45, 2.75) is 13.5 Å². The molecule has 21 heavy (non-hydrogen) atoms. The first kappa shape index (κ1) is 14.3. The number of nitrogens with one attached hydrogen (secondary N) is 1. The van der Waals surface area contributed by atoms with Crippen LogP contribution < -0.4 is 10.2 Å². The van der Waals surface area contributed by atoms with Gasteiger partial charge in [0.05, 0.1) is 22.8 Å². The van der Waals surface area contributed by atoms with Crippen LogP contribution in [0, 0.1) is 6.92 Å². The van der Waals surface area contributed by atoms with E-state index in [9.17, 15) is 4.79 Å². The van der Waals surface area contributed by atoms with Gasteiger partial charge in [0.25, 0.3) is 0 Å². The Morgan fingerprint density at radius 2 is 2.14 bits per heavy atom. The van der Waals surface area contributed by atoms with E-state index in [1.165, 1.54) is 5.00 Å². The number of piperazine rings is 1. The van der Waals surface area contributed by atoms with Crippen molar-refractivity contribution in [1.82, 2.24) is 15.2 Å². The lowest BCUT2D eigenvalue weighted by atomic mass is 10.3. The van der Waals surface area contributed by atoms with Crippen molar-refractivity contribution in [3.05, 3.63) is 33.6 Å². The van der Waals surface area contributed by atoms with Crippen molar-refractivity contribution in [3.63, 3.8) is 0 Å². The number of anilines is 1. The molecule has 2 aromatic rings. The predicted octanol–water partition coefficient (Wildman–Crippen LogP) is 2.54. The van der Waals surface area contributed by atoms with E-state index in [0.717, 1.165) is 36.8 Å². The Labute approximate surface area is 132 Å². The van der Waals surface area contributed by atoms with Gasteiger partial charge in [0.15, 0.2) is 0 Å².